The van der Waals surface area contributed by atoms with Crippen molar-refractivity contribution in [3.05, 3.63) is 76.7 Å². The fourth-order valence-electron chi connectivity index (χ4n) is 2.72. The molecule has 2 aromatic heterocycles. The van der Waals surface area contributed by atoms with Crippen LogP contribution in [0.2, 0.25) is 5.02 Å². The number of anilines is 2. The normalized spacial score (nSPS) is 10.8. The lowest BCUT2D eigenvalue weighted by atomic mass is 10.2. The van der Waals surface area contributed by atoms with Crippen LogP contribution in [0.5, 0.6) is 0 Å². The van der Waals surface area contributed by atoms with Gasteiger partial charge in [0.2, 0.25) is 5.91 Å². The molecule has 2 amide bonds. The molecule has 0 aliphatic rings. The summed E-state index contributed by atoms with van der Waals surface area (Å²) >= 11 is 9.15. The highest BCUT2D eigenvalue weighted by Crippen LogP contribution is 2.28. The molecule has 0 atom stereocenters. The van der Waals surface area contributed by atoms with Crippen molar-refractivity contribution in [1.29, 1.82) is 0 Å². The zero-order valence-electron chi connectivity index (χ0n) is 15.6. The summed E-state index contributed by atoms with van der Waals surface area (Å²) < 4.78 is 6.23. The third kappa shape index (κ3) is 5.02. The molecule has 4 aromatic rings. The van der Waals surface area contributed by atoms with Crippen molar-refractivity contribution in [3.63, 3.8) is 0 Å². The molecule has 0 saturated carbocycles. The minimum Gasteiger partial charge on any atom is -0.459 e. The summed E-state index contributed by atoms with van der Waals surface area (Å²) in [6, 6.07) is 16.0. The Hall–Kier alpha value is -2.81. The SMILES string of the molecule is O=C(CSCc1nc2ccccc2s1)Nc1ccc(Cl)cc1NC(=O)c1ccco1. The van der Waals surface area contributed by atoms with Gasteiger partial charge >= 0.3 is 0 Å². The number of hydrogen-bond donors (Lipinski definition) is 2. The summed E-state index contributed by atoms with van der Waals surface area (Å²) in [5.41, 5.74) is 1.83. The number of nitrogens with one attached hydrogen (secondary N) is 2. The van der Waals surface area contributed by atoms with Gasteiger partial charge in [-0.2, -0.15) is 0 Å². The topological polar surface area (TPSA) is 84.2 Å². The van der Waals surface area contributed by atoms with Gasteiger partial charge in [0.15, 0.2) is 5.76 Å². The van der Waals surface area contributed by atoms with Crippen LogP contribution in [0.3, 0.4) is 0 Å². The molecule has 0 saturated heterocycles. The second-order valence-corrected chi connectivity index (χ2v) is 8.77. The Balaban J connectivity index is 1.36. The number of halogens is 1. The van der Waals surface area contributed by atoms with E-state index in [1.54, 1.807) is 41.7 Å². The van der Waals surface area contributed by atoms with Crippen LogP contribution in [-0.4, -0.2) is 22.6 Å². The summed E-state index contributed by atoms with van der Waals surface area (Å²) in [4.78, 5) is 29.2. The number of thioether (sulfide) groups is 1. The number of para-hydroxylation sites is 1. The first-order valence-corrected chi connectivity index (χ1v) is 11.3. The number of carbonyl (C=O) groups excluding carboxylic acids is 2. The Kier molecular flexibility index (Phi) is 6.37. The first-order chi connectivity index (χ1) is 14.6. The van der Waals surface area contributed by atoms with E-state index in [0.29, 0.717) is 22.2 Å². The second-order valence-electron chi connectivity index (χ2n) is 6.24. The van der Waals surface area contributed by atoms with Crippen molar-refractivity contribution in [2.24, 2.45) is 0 Å². The lowest BCUT2D eigenvalue weighted by Crippen LogP contribution is -2.17. The first-order valence-electron chi connectivity index (χ1n) is 8.95. The lowest BCUT2D eigenvalue weighted by molar-refractivity contribution is -0.113. The molecular formula is C21H16ClN3O3S2. The van der Waals surface area contributed by atoms with Crippen LogP contribution >= 0.6 is 34.7 Å². The number of aromatic nitrogens is 1. The summed E-state index contributed by atoms with van der Waals surface area (Å²) in [5, 5.41) is 6.95. The number of hydrogen-bond acceptors (Lipinski definition) is 6. The van der Waals surface area contributed by atoms with E-state index in [4.69, 9.17) is 16.0 Å². The van der Waals surface area contributed by atoms with Crippen LogP contribution < -0.4 is 10.6 Å². The number of benzene rings is 2. The van der Waals surface area contributed by atoms with Gasteiger partial charge in [-0.15, -0.1) is 23.1 Å². The van der Waals surface area contributed by atoms with Gasteiger partial charge in [0.1, 0.15) is 5.01 Å². The maximum atomic E-state index is 12.4. The van der Waals surface area contributed by atoms with Crippen LogP contribution in [0.15, 0.2) is 65.3 Å². The maximum Gasteiger partial charge on any atom is 0.291 e. The third-order valence-electron chi connectivity index (χ3n) is 4.05. The largest absolute Gasteiger partial charge is 0.459 e. The number of thiazole rings is 1. The summed E-state index contributed by atoms with van der Waals surface area (Å²) in [6.45, 7) is 0. The molecular weight excluding hydrogens is 442 g/mol. The molecule has 30 heavy (non-hydrogen) atoms. The van der Waals surface area contributed by atoms with Gasteiger partial charge in [0.05, 0.1) is 33.6 Å². The average Bonchev–Trinajstić information content (AvgIpc) is 3.39. The first kappa shape index (κ1) is 20.5. The van der Waals surface area contributed by atoms with Gasteiger partial charge in [-0.25, -0.2) is 4.98 Å². The standard InChI is InChI=1S/C21H16ClN3O3S2/c22-13-7-8-14(16(10-13)25-21(27)17-5-3-9-28-17)23-19(26)11-29-12-20-24-15-4-1-2-6-18(15)30-20/h1-10H,11-12H2,(H,23,26)(H,25,27). The fraction of sp³-hybridized carbons (Fsp3) is 0.0952. The molecule has 4 rings (SSSR count). The molecule has 0 aliphatic heterocycles. The zero-order chi connectivity index (χ0) is 20.9. The molecule has 0 fully saturated rings. The van der Waals surface area contributed by atoms with E-state index >= 15 is 0 Å². The highest BCUT2D eigenvalue weighted by molar-refractivity contribution is 7.99. The predicted molar refractivity (Wildman–Crippen MR) is 123 cm³/mol. The maximum absolute atomic E-state index is 12.4. The number of fused-ring (bicyclic) bond motifs is 1. The number of furan rings is 1. The van der Waals surface area contributed by atoms with Crippen LogP contribution in [0.1, 0.15) is 15.6 Å². The van der Waals surface area contributed by atoms with E-state index in [-0.39, 0.29) is 17.4 Å². The molecule has 2 heterocycles. The van der Waals surface area contributed by atoms with Crippen molar-refractivity contribution in [2.75, 3.05) is 16.4 Å². The highest BCUT2D eigenvalue weighted by atomic mass is 35.5. The van der Waals surface area contributed by atoms with Crippen LogP contribution in [-0.2, 0) is 10.5 Å². The average molecular weight is 458 g/mol. The molecule has 2 aromatic carbocycles. The Labute approximate surface area is 185 Å². The predicted octanol–water partition coefficient (Wildman–Crippen LogP) is 5.67. The molecule has 0 spiro atoms. The van der Waals surface area contributed by atoms with Gasteiger partial charge in [0.25, 0.3) is 5.91 Å². The quantitative estimate of drug-likeness (QED) is 0.373. The Morgan fingerprint density at radius 3 is 2.73 bits per heavy atom. The zero-order valence-corrected chi connectivity index (χ0v) is 17.9. The summed E-state index contributed by atoms with van der Waals surface area (Å²) in [6.07, 6.45) is 1.41. The Morgan fingerprint density at radius 2 is 1.93 bits per heavy atom. The van der Waals surface area contributed by atoms with Gasteiger partial charge in [0, 0.05) is 10.8 Å². The summed E-state index contributed by atoms with van der Waals surface area (Å²) in [7, 11) is 0. The summed E-state index contributed by atoms with van der Waals surface area (Å²) in [5.74, 6) is 0.457. The molecule has 0 unspecified atom stereocenters. The molecule has 6 nitrogen and oxygen atoms in total. The molecule has 0 aliphatic carbocycles. The van der Waals surface area contributed by atoms with Crippen LogP contribution in [0, 0.1) is 0 Å². The van der Waals surface area contributed by atoms with Crippen LogP contribution in [0.4, 0.5) is 11.4 Å². The van der Waals surface area contributed by atoms with E-state index in [9.17, 15) is 9.59 Å². The van der Waals surface area contributed by atoms with Crippen molar-refractivity contribution in [3.8, 4) is 0 Å². The minimum atomic E-state index is -0.428. The Bertz CT molecular complexity index is 1160. The van der Waals surface area contributed by atoms with Gasteiger partial charge in [-0.1, -0.05) is 23.7 Å². The van der Waals surface area contributed by atoms with E-state index in [1.165, 1.54) is 18.0 Å². The number of nitrogens with zero attached hydrogens (tertiary/aromatic N) is 1. The second kappa shape index (κ2) is 9.34. The van der Waals surface area contributed by atoms with Crippen LogP contribution in [0.25, 0.3) is 10.2 Å². The van der Waals surface area contributed by atoms with Gasteiger partial charge in [-0.05, 0) is 42.5 Å². The lowest BCUT2D eigenvalue weighted by Gasteiger charge is -2.12. The number of amides is 2. The van der Waals surface area contributed by atoms with E-state index in [2.05, 4.69) is 15.6 Å². The van der Waals surface area contributed by atoms with Gasteiger partial charge in [-0.3, -0.25) is 9.59 Å². The number of carbonyl (C=O) groups is 2. The fourth-order valence-corrected chi connectivity index (χ4v) is 4.74. The molecule has 152 valence electrons. The smallest absolute Gasteiger partial charge is 0.291 e. The molecule has 9 heteroatoms. The van der Waals surface area contributed by atoms with Crippen molar-refractivity contribution >= 4 is 68.1 Å². The molecule has 0 radical (unpaired) electrons. The number of rotatable bonds is 7. The van der Waals surface area contributed by atoms with E-state index < -0.39 is 5.91 Å². The van der Waals surface area contributed by atoms with Crippen molar-refractivity contribution in [2.45, 2.75) is 5.75 Å². The highest BCUT2D eigenvalue weighted by Gasteiger charge is 2.14. The molecule has 2 N–H and O–H groups in total. The van der Waals surface area contributed by atoms with Crippen molar-refractivity contribution in [1.82, 2.24) is 4.98 Å². The Morgan fingerprint density at radius 1 is 1.07 bits per heavy atom. The minimum absolute atomic E-state index is 0.165. The molecule has 0 bridgehead atoms. The van der Waals surface area contributed by atoms with E-state index in [0.717, 1.165) is 15.2 Å². The van der Waals surface area contributed by atoms with E-state index in [1.807, 2.05) is 24.3 Å². The monoisotopic (exact) mass is 457 g/mol. The third-order valence-corrected chi connectivity index (χ3v) is 6.44. The van der Waals surface area contributed by atoms with Gasteiger partial charge < -0.3 is 15.1 Å². The van der Waals surface area contributed by atoms with Crippen molar-refractivity contribution < 1.29 is 14.0 Å².